The number of rotatable bonds is 4. The first-order valence-electron chi connectivity index (χ1n) is 11.3. The van der Waals surface area contributed by atoms with Gasteiger partial charge in [-0.1, -0.05) is 54.6 Å². The number of thiazole rings is 1. The van der Waals surface area contributed by atoms with Crippen molar-refractivity contribution in [3.05, 3.63) is 73.7 Å². The Kier molecular flexibility index (Phi) is 6.48. The second-order valence-corrected chi connectivity index (χ2v) is 12.0. The van der Waals surface area contributed by atoms with Gasteiger partial charge >= 0.3 is 11.0 Å². The zero-order valence-electron chi connectivity index (χ0n) is 19.8. The molecule has 38 heavy (non-hydrogen) atoms. The summed E-state index contributed by atoms with van der Waals surface area (Å²) in [4.78, 5) is 53.5. The highest BCUT2D eigenvalue weighted by atomic mass is 35.5. The van der Waals surface area contributed by atoms with E-state index in [1.165, 1.54) is 10.6 Å². The van der Waals surface area contributed by atoms with E-state index >= 15 is 0 Å². The summed E-state index contributed by atoms with van der Waals surface area (Å²) in [5.41, 5.74) is -1.64. The Bertz CT molecular complexity index is 1530. The van der Waals surface area contributed by atoms with Crippen LogP contribution >= 0.6 is 34.7 Å². The number of anilines is 2. The van der Waals surface area contributed by atoms with Crippen molar-refractivity contribution in [3.63, 3.8) is 0 Å². The first kappa shape index (κ1) is 26.5. The molecule has 1 fully saturated rings. The normalized spacial score (nSPS) is 20.3. The lowest BCUT2D eigenvalue weighted by Gasteiger charge is -2.36. The van der Waals surface area contributed by atoms with Gasteiger partial charge in [0.25, 0.3) is 0 Å². The zero-order chi connectivity index (χ0) is 27.6. The van der Waals surface area contributed by atoms with Crippen LogP contribution in [0.25, 0.3) is 0 Å². The van der Waals surface area contributed by atoms with E-state index in [1.54, 1.807) is 38.1 Å². The third kappa shape index (κ3) is 4.44. The number of halogens is 4. The molecule has 3 aromatic rings. The number of nitrogens with one attached hydrogen (secondary N) is 1. The first-order chi connectivity index (χ1) is 17.8. The average molecular weight is 582 g/mol. The molecular weight excluding hydrogens is 563 g/mol. The first-order valence-corrected chi connectivity index (χ1v) is 13.4. The molecule has 5 rings (SSSR count). The minimum Gasteiger partial charge on any atom is -0.325 e. The van der Waals surface area contributed by atoms with Crippen molar-refractivity contribution in [2.75, 3.05) is 10.2 Å². The number of benzene rings is 2. The molecule has 0 saturated carbocycles. The molecular formula is C25H19ClF3N3O4S2. The van der Waals surface area contributed by atoms with Crippen LogP contribution < -0.4 is 15.1 Å². The van der Waals surface area contributed by atoms with Gasteiger partial charge < -0.3 is 5.32 Å². The van der Waals surface area contributed by atoms with Crippen molar-refractivity contribution in [2.24, 2.45) is 5.92 Å². The van der Waals surface area contributed by atoms with Crippen LogP contribution in [0.4, 0.5) is 24.5 Å². The molecule has 13 heteroatoms. The number of aromatic nitrogens is 1. The van der Waals surface area contributed by atoms with E-state index in [9.17, 15) is 32.3 Å². The summed E-state index contributed by atoms with van der Waals surface area (Å²) in [6, 6.07) is 10.5. The third-order valence-electron chi connectivity index (χ3n) is 6.56. The highest BCUT2D eigenvalue weighted by Gasteiger charge is 2.59. The van der Waals surface area contributed by atoms with Crippen molar-refractivity contribution in [1.29, 1.82) is 0 Å². The molecule has 198 valence electrons. The lowest BCUT2D eigenvalue weighted by molar-refractivity contribution is -0.137. The van der Waals surface area contributed by atoms with E-state index in [-0.39, 0.29) is 12.2 Å². The van der Waals surface area contributed by atoms with E-state index in [0.29, 0.717) is 20.6 Å². The maximum Gasteiger partial charge on any atom is 0.416 e. The van der Waals surface area contributed by atoms with E-state index in [4.69, 9.17) is 11.6 Å². The van der Waals surface area contributed by atoms with Gasteiger partial charge in [0.2, 0.25) is 17.7 Å². The van der Waals surface area contributed by atoms with Gasteiger partial charge in [0.15, 0.2) is 0 Å². The molecule has 2 atom stereocenters. The Morgan fingerprint density at radius 3 is 2.42 bits per heavy atom. The Morgan fingerprint density at radius 1 is 1.08 bits per heavy atom. The average Bonchev–Trinajstić information content (AvgIpc) is 3.29. The third-order valence-corrected chi connectivity index (χ3v) is 9.64. The molecule has 7 nitrogen and oxygen atoms in total. The monoisotopic (exact) mass is 581 g/mol. The van der Waals surface area contributed by atoms with E-state index < -0.39 is 50.9 Å². The second kappa shape index (κ2) is 9.28. The Labute approximate surface area is 227 Å². The fourth-order valence-electron chi connectivity index (χ4n) is 4.72. The second-order valence-electron chi connectivity index (χ2n) is 9.44. The Hall–Kier alpha value is -3.09. The van der Waals surface area contributed by atoms with Crippen LogP contribution in [-0.4, -0.2) is 27.5 Å². The standard InChI is InChI=1S/C25H19ClF3N3O4S2/c1-24(2)17-18(21(35)32(20(17)34)15-5-3-4-12(10-15)25(27,28)29)37-22-19(24)38-23(36)31(22)11-16(33)30-14-8-6-13(26)7-9-14/h3-10,17-18H,11H2,1-2H3,(H,30,33)/t17-,18+/m1/s1. The number of imide groups is 1. The van der Waals surface area contributed by atoms with Gasteiger partial charge in [0.05, 0.1) is 22.2 Å². The van der Waals surface area contributed by atoms with Gasteiger partial charge in [-0.15, -0.1) is 0 Å². The molecule has 1 saturated heterocycles. The van der Waals surface area contributed by atoms with Gasteiger partial charge in [-0.2, -0.15) is 13.2 Å². The Balaban J connectivity index is 1.46. The molecule has 3 amide bonds. The van der Waals surface area contributed by atoms with Crippen molar-refractivity contribution >= 4 is 63.8 Å². The van der Waals surface area contributed by atoms with Crippen LogP contribution in [-0.2, 0) is 32.5 Å². The van der Waals surface area contributed by atoms with E-state index in [0.717, 1.165) is 46.2 Å². The van der Waals surface area contributed by atoms with Gasteiger partial charge in [0.1, 0.15) is 11.8 Å². The SMILES string of the molecule is CC1(C)c2sc(=O)n(CC(=O)Nc3ccc(Cl)cc3)c2S[C@@H]2C(=O)N(c3cccc(C(F)(F)F)c3)C(=O)[C@@H]21. The smallest absolute Gasteiger partial charge is 0.325 e. The molecule has 2 aromatic carbocycles. The number of hydrogen-bond acceptors (Lipinski definition) is 6. The van der Waals surface area contributed by atoms with E-state index in [1.807, 2.05) is 0 Å². The molecule has 3 heterocycles. The van der Waals surface area contributed by atoms with Crippen molar-refractivity contribution < 1.29 is 27.6 Å². The minimum absolute atomic E-state index is 0.163. The largest absolute Gasteiger partial charge is 0.416 e. The molecule has 0 spiro atoms. The van der Waals surface area contributed by atoms with Crippen molar-refractivity contribution in [2.45, 2.75) is 42.3 Å². The highest BCUT2D eigenvalue weighted by Crippen LogP contribution is 2.54. The molecule has 0 bridgehead atoms. The molecule has 0 radical (unpaired) electrons. The molecule has 2 aliphatic rings. The number of nitrogens with zero attached hydrogens (tertiary/aromatic N) is 2. The summed E-state index contributed by atoms with van der Waals surface area (Å²) >= 11 is 7.75. The quantitative estimate of drug-likeness (QED) is 0.430. The fourth-order valence-corrected chi connectivity index (χ4v) is 7.88. The van der Waals surface area contributed by atoms with Gasteiger partial charge in [0, 0.05) is 21.0 Å². The Morgan fingerprint density at radius 2 is 1.76 bits per heavy atom. The van der Waals surface area contributed by atoms with Crippen LogP contribution in [0.15, 0.2) is 58.4 Å². The number of hydrogen-bond donors (Lipinski definition) is 1. The lowest BCUT2D eigenvalue weighted by atomic mass is 9.76. The number of fused-ring (bicyclic) bond motifs is 2. The summed E-state index contributed by atoms with van der Waals surface area (Å²) in [7, 11) is 0. The number of thioether (sulfide) groups is 1. The van der Waals surface area contributed by atoms with Crippen LogP contribution in [0, 0.1) is 5.92 Å². The fraction of sp³-hybridized carbons (Fsp3) is 0.280. The molecule has 2 aliphatic heterocycles. The molecule has 0 unspecified atom stereocenters. The van der Waals surface area contributed by atoms with Crippen LogP contribution in [0.3, 0.4) is 0 Å². The van der Waals surface area contributed by atoms with Crippen molar-refractivity contribution in [1.82, 2.24) is 4.57 Å². The van der Waals surface area contributed by atoms with Crippen LogP contribution in [0.5, 0.6) is 0 Å². The highest BCUT2D eigenvalue weighted by molar-refractivity contribution is 8.00. The summed E-state index contributed by atoms with van der Waals surface area (Å²) in [6.07, 6.45) is -4.64. The van der Waals surface area contributed by atoms with Gasteiger partial charge in [-0.05, 0) is 42.5 Å². The van der Waals surface area contributed by atoms with E-state index in [2.05, 4.69) is 5.32 Å². The van der Waals surface area contributed by atoms with Crippen molar-refractivity contribution in [3.8, 4) is 0 Å². The minimum atomic E-state index is -4.64. The molecule has 1 aromatic heterocycles. The summed E-state index contributed by atoms with van der Waals surface area (Å²) in [6.45, 7) is 3.11. The van der Waals surface area contributed by atoms with Gasteiger partial charge in [-0.25, -0.2) is 4.90 Å². The van der Waals surface area contributed by atoms with Crippen LogP contribution in [0.1, 0.15) is 24.3 Å². The zero-order valence-corrected chi connectivity index (χ0v) is 22.2. The number of carbonyl (C=O) groups excluding carboxylic acids is 3. The maximum atomic E-state index is 13.5. The number of carbonyl (C=O) groups is 3. The molecule has 1 N–H and O–H groups in total. The predicted octanol–water partition coefficient (Wildman–Crippen LogP) is 5.16. The summed E-state index contributed by atoms with van der Waals surface area (Å²) in [5.74, 6) is -2.68. The van der Waals surface area contributed by atoms with Gasteiger partial charge in [-0.3, -0.25) is 23.7 Å². The lowest BCUT2D eigenvalue weighted by Crippen LogP contribution is -2.42. The molecule has 0 aliphatic carbocycles. The number of alkyl halides is 3. The summed E-state index contributed by atoms with van der Waals surface area (Å²) in [5, 5.41) is 2.60. The summed E-state index contributed by atoms with van der Waals surface area (Å²) < 4.78 is 41.1. The predicted molar refractivity (Wildman–Crippen MR) is 139 cm³/mol. The van der Waals surface area contributed by atoms with Crippen LogP contribution in [0.2, 0.25) is 5.02 Å². The maximum absolute atomic E-state index is 13.5. The number of amides is 3. The topological polar surface area (TPSA) is 88.5 Å².